The fraction of sp³-hybridized carbons (Fsp3) is 0.727. The maximum Gasteiger partial charge on any atom is 0.155 e. The van der Waals surface area contributed by atoms with E-state index in [0.717, 1.165) is 12.3 Å². The van der Waals surface area contributed by atoms with Crippen molar-refractivity contribution in [2.75, 3.05) is 0 Å². The SMILES string of the molecule is C=CC(=O)CC1CCCCC1C. The first-order chi connectivity index (χ1) is 5.74. The number of rotatable bonds is 3. The molecular formula is C11H18O. The van der Waals surface area contributed by atoms with Gasteiger partial charge in [-0.15, -0.1) is 0 Å². The second-order valence-corrected chi connectivity index (χ2v) is 3.90. The molecule has 1 heteroatoms. The minimum atomic E-state index is 0.216. The quantitative estimate of drug-likeness (QED) is 0.589. The lowest BCUT2D eigenvalue weighted by atomic mass is 9.78. The molecule has 1 rings (SSSR count). The highest BCUT2D eigenvalue weighted by Gasteiger charge is 2.22. The Morgan fingerprint density at radius 2 is 2.17 bits per heavy atom. The molecule has 0 saturated heterocycles. The topological polar surface area (TPSA) is 17.1 Å². The molecule has 1 aliphatic rings. The Kier molecular flexibility index (Phi) is 3.51. The standard InChI is InChI=1S/C11H18O/c1-3-11(12)8-10-7-5-4-6-9(10)2/h3,9-10H,1,4-8H2,2H3. The molecular weight excluding hydrogens is 148 g/mol. The van der Waals surface area contributed by atoms with Crippen LogP contribution in [-0.2, 0) is 4.79 Å². The van der Waals surface area contributed by atoms with Gasteiger partial charge in [0.2, 0.25) is 0 Å². The van der Waals surface area contributed by atoms with Gasteiger partial charge < -0.3 is 0 Å². The smallest absolute Gasteiger partial charge is 0.155 e. The van der Waals surface area contributed by atoms with Gasteiger partial charge in [-0.05, 0) is 24.3 Å². The van der Waals surface area contributed by atoms with Crippen molar-refractivity contribution in [1.29, 1.82) is 0 Å². The third-order valence-corrected chi connectivity index (χ3v) is 2.98. The van der Waals surface area contributed by atoms with Crippen molar-refractivity contribution in [3.63, 3.8) is 0 Å². The summed E-state index contributed by atoms with van der Waals surface area (Å²) in [4.78, 5) is 11.1. The van der Waals surface area contributed by atoms with Crippen LogP contribution in [0.15, 0.2) is 12.7 Å². The summed E-state index contributed by atoms with van der Waals surface area (Å²) in [5.41, 5.74) is 0. The van der Waals surface area contributed by atoms with Crippen LogP contribution in [0, 0.1) is 11.8 Å². The van der Waals surface area contributed by atoms with Gasteiger partial charge in [-0.25, -0.2) is 0 Å². The van der Waals surface area contributed by atoms with Crippen molar-refractivity contribution in [3.8, 4) is 0 Å². The zero-order valence-electron chi connectivity index (χ0n) is 7.88. The summed E-state index contributed by atoms with van der Waals surface area (Å²) in [6.07, 6.45) is 7.38. The van der Waals surface area contributed by atoms with Crippen LogP contribution in [0.2, 0.25) is 0 Å². The second-order valence-electron chi connectivity index (χ2n) is 3.90. The number of hydrogen-bond acceptors (Lipinski definition) is 1. The van der Waals surface area contributed by atoms with Crippen molar-refractivity contribution < 1.29 is 4.79 Å². The molecule has 0 aliphatic heterocycles. The van der Waals surface area contributed by atoms with E-state index < -0.39 is 0 Å². The molecule has 0 heterocycles. The van der Waals surface area contributed by atoms with Crippen molar-refractivity contribution in [3.05, 3.63) is 12.7 Å². The maximum atomic E-state index is 11.1. The Balaban J connectivity index is 2.38. The summed E-state index contributed by atoms with van der Waals surface area (Å²) in [6, 6.07) is 0. The molecule has 68 valence electrons. The van der Waals surface area contributed by atoms with E-state index in [0.29, 0.717) is 5.92 Å². The van der Waals surface area contributed by atoms with Crippen LogP contribution >= 0.6 is 0 Å². The van der Waals surface area contributed by atoms with Gasteiger partial charge in [0, 0.05) is 6.42 Å². The number of ketones is 1. The van der Waals surface area contributed by atoms with Gasteiger partial charge >= 0.3 is 0 Å². The van der Waals surface area contributed by atoms with Crippen LogP contribution in [0.3, 0.4) is 0 Å². The van der Waals surface area contributed by atoms with E-state index in [1.807, 2.05) is 0 Å². The minimum Gasteiger partial charge on any atom is -0.295 e. The van der Waals surface area contributed by atoms with E-state index in [1.54, 1.807) is 0 Å². The number of hydrogen-bond donors (Lipinski definition) is 0. The fourth-order valence-electron chi connectivity index (χ4n) is 2.04. The molecule has 1 nitrogen and oxygen atoms in total. The molecule has 1 saturated carbocycles. The minimum absolute atomic E-state index is 0.216. The summed E-state index contributed by atoms with van der Waals surface area (Å²) < 4.78 is 0. The van der Waals surface area contributed by atoms with Crippen LogP contribution in [-0.4, -0.2) is 5.78 Å². The third-order valence-electron chi connectivity index (χ3n) is 2.98. The van der Waals surface area contributed by atoms with E-state index in [2.05, 4.69) is 13.5 Å². The predicted octanol–water partition coefficient (Wildman–Crippen LogP) is 2.96. The molecule has 1 aliphatic carbocycles. The molecule has 0 bridgehead atoms. The molecule has 0 aromatic heterocycles. The van der Waals surface area contributed by atoms with Crippen LogP contribution in [0.1, 0.15) is 39.0 Å². The number of allylic oxidation sites excluding steroid dienone is 1. The van der Waals surface area contributed by atoms with Gasteiger partial charge in [-0.3, -0.25) is 4.79 Å². The summed E-state index contributed by atoms with van der Waals surface area (Å²) in [5, 5.41) is 0. The monoisotopic (exact) mass is 166 g/mol. The Bertz CT molecular complexity index is 172. The Hall–Kier alpha value is -0.590. The van der Waals surface area contributed by atoms with Gasteiger partial charge in [-0.2, -0.15) is 0 Å². The molecule has 2 unspecified atom stereocenters. The Morgan fingerprint density at radius 3 is 2.75 bits per heavy atom. The predicted molar refractivity (Wildman–Crippen MR) is 50.9 cm³/mol. The summed E-state index contributed by atoms with van der Waals surface area (Å²) >= 11 is 0. The van der Waals surface area contributed by atoms with Crippen LogP contribution < -0.4 is 0 Å². The van der Waals surface area contributed by atoms with Crippen LogP contribution in [0.5, 0.6) is 0 Å². The highest BCUT2D eigenvalue weighted by Crippen LogP contribution is 2.31. The largest absolute Gasteiger partial charge is 0.295 e. The second kappa shape index (κ2) is 4.44. The zero-order chi connectivity index (χ0) is 8.97. The Labute approximate surface area is 74.9 Å². The summed E-state index contributed by atoms with van der Waals surface area (Å²) in [5.74, 6) is 1.58. The molecule has 0 radical (unpaired) electrons. The van der Waals surface area contributed by atoms with Crippen LogP contribution in [0.4, 0.5) is 0 Å². The molecule has 2 atom stereocenters. The zero-order valence-corrected chi connectivity index (χ0v) is 7.88. The Morgan fingerprint density at radius 1 is 1.50 bits per heavy atom. The van der Waals surface area contributed by atoms with Gasteiger partial charge in [0.25, 0.3) is 0 Å². The van der Waals surface area contributed by atoms with Gasteiger partial charge in [0.1, 0.15) is 0 Å². The molecule has 0 amide bonds. The van der Waals surface area contributed by atoms with E-state index in [1.165, 1.54) is 31.8 Å². The average Bonchev–Trinajstić information content (AvgIpc) is 2.09. The summed E-state index contributed by atoms with van der Waals surface area (Å²) in [6.45, 7) is 5.77. The molecule has 1 fully saturated rings. The first-order valence-electron chi connectivity index (χ1n) is 4.89. The normalized spacial score (nSPS) is 29.8. The number of carbonyl (C=O) groups excluding carboxylic acids is 1. The summed E-state index contributed by atoms with van der Waals surface area (Å²) in [7, 11) is 0. The van der Waals surface area contributed by atoms with Gasteiger partial charge in [-0.1, -0.05) is 32.8 Å². The van der Waals surface area contributed by atoms with E-state index in [9.17, 15) is 4.79 Å². The average molecular weight is 166 g/mol. The lowest BCUT2D eigenvalue weighted by molar-refractivity contribution is -0.116. The van der Waals surface area contributed by atoms with Crippen LogP contribution in [0.25, 0.3) is 0 Å². The third kappa shape index (κ3) is 2.47. The highest BCUT2D eigenvalue weighted by atomic mass is 16.1. The van der Waals surface area contributed by atoms with Crippen molar-refractivity contribution in [2.45, 2.75) is 39.0 Å². The van der Waals surface area contributed by atoms with Gasteiger partial charge in [0.15, 0.2) is 5.78 Å². The van der Waals surface area contributed by atoms with E-state index >= 15 is 0 Å². The lowest BCUT2D eigenvalue weighted by Gasteiger charge is -2.27. The fourth-order valence-corrected chi connectivity index (χ4v) is 2.04. The maximum absolute atomic E-state index is 11.1. The molecule has 0 N–H and O–H groups in total. The number of carbonyl (C=O) groups is 1. The van der Waals surface area contributed by atoms with E-state index in [-0.39, 0.29) is 5.78 Å². The highest BCUT2D eigenvalue weighted by molar-refractivity contribution is 5.89. The molecule has 0 aromatic rings. The first-order valence-corrected chi connectivity index (χ1v) is 4.89. The molecule has 0 spiro atoms. The van der Waals surface area contributed by atoms with Crippen molar-refractivity contribution in [2.24, 2.45) is 11.8 Å². The van der Waals surface area contributed by atoms with E-state index in [4.69, 9.17) is 0 Å². The van der Waals surface area contributed by atoms with Gasteiger partial charge in [0.05, 0.1) is 0 Å². The molecule has 0 aromatic carbocycles. The first kappa shape index (κ1) is 9.50. The van der Waals surface area contributed by atoms with Crippen molar-refractivity contribution in [1.82, 2.24) is 0 Å². The van der Waals surface area contributed by atoms with Crippen molar-refractivity contribution >= 4 is 5.78 Å². The lowest BCUT2D eigenvalue weighted by Crippen LogP contribution is -2.19. The molecule has 12 heavy (non-hydrogen) atoms.